The summed E-state index contributed by atoms with van der Waals surface area (Å²) in [6.07, 6.45) is 2.72. The fourth-order valence-electron chi connectivity index (χ4n) is 3.25. The molecule has 0 saturated carbocycles. The molecule has 0 bridgehead atoms. The number of aliphatic imine (C=N–C) groups is 1. The van der Waals surface area contributed by atoms with Crippen molar-refractivity contribution in [3.05, 3.63) is 59.2 Å². The van der Waals surface area contributed by atoms with Gasteiger partial charge in [0.25, 0.3) is 5.91 Å². The zero-order valence-electron chi connectivity index (χ0n) is 18.0. The van der Waals surface area contributed by atoms with Gasteiger partial charge in [-0.05, 0) is 36.2 Å². The Kier molecular flexibility index (Phi) is 7.18. The van der Waals surface area contributed by atoms with Crippen LogP contribution in [0.3, 0.4) is 0 Å². The zero-order valence-corrected chi connectivity index (χ0v) is 18.0. The van der Waals surface area contributed by atoms with Crippen molar-refractivity contribution in [2.45, 2.75) is 39.7 Å². The van der Waals surface area contributed by atoms with Gasteiger partial charge in [-0.2, -0.15) is 0 Å². The molecule has 1 aliphatic heterocycles. The van der Waals surface area contributed by atoms with E-state index in [4.69, 9.17) is 4.74 Å². The molecule has 1 atom stereocenters. The molecular weight excluding hydrogens is 394 g/mol. The fourth-order valence-corrected chi connectivity index (χ4v) is 3.25. The van der Waals surface area contributed by atoms with Crippen LogP contribution in [-0.2, 0) is 27.2 Å². The van der Waals surface area contributed by atoms with Gasteiger partial charge in [-0.25, -0.2) is 4.79 Å². The molecule has 0 aromatic heterocycles. The zero-order chi connectivity index (χ0) is 22.4. The summed E-state index contributed by atoms with van der Waals surface area (Å²) in [5, 5.41) is 5.63. The third kappa shape index (κ3) is 5.57. The second kappa shape index (κ2) is 10.0. The summed E-state index contributed by atoms with van der Waals surface area (Å²) in [4.78, 5) is 41.6. The van der Waals surface area contributed by atoms with Gasteiger partial charge in [-0.15, -0.1) is 0 Å². The number of esters is 1. The Labute approximate surface area is 181 Å². The Hall–Kier alpha value is -3.48. The summed E-state index contributed by atoms with van der Waals surface area (Å²) in [6, 6.07) is 11.8. The number of benzene rings is 2. The predicted octanol–water partition coefficient (Wildman–Crippen LogP) is 3.44. The van der Waals surface area contributed by atoms with Crippen molar-refractivity contribution >= 4 is 35.4 Å². The smallest absolute Gasteiger partial charge is 0.328 e. The standard InChI is InChI=1S/C24H27N3O4/c1-4-31-24(30)20(14-16-8-10-18(11-9-16)26-22(28)15(2)3)27-23(29)19-7-5-6-17-12-13-25-21(17)19/h5-11,13,15,20H,4,12,14H2,1-3H3,(H,26,28)(H,27,29)/t20-/m0/s1. The van der Waals surface area contributed by atoms with Crippen LogP contribution in [-0.4, -0.2) is 36.6 Å². The van der Waals surface area contributed by atoms with Gasteiger partial charge < -0.3 is 15.4 Å². The molecule has 0 spiro atoms. The van der Waals surface area contributed by atoms with Gasteiger partial charge in [0.15, 0.2) is 0 Å². The first-order valence-electron chi connectivity index (χ1n) is 10.4. The van der Waals surface area contributed by atoms with Crippen molar-refractivity contribution in [1.29, 1.82) is 0 Å². The Bertz CT molecular complexity index is 996. The summed E-state index contributed by atoms with van der Waals surface area (Å²) < 4.78 is 5.17. The SMILES string of the molecule is CCOC(=O)[C@H](Cc1ccc(NC(=O)C(C)C)cc1)NC(=O)c1cccc2c1N=CC2. The van der Waals surface area contributed by atoms with E-state index in [9.17, 15) is 14.4 Å². The Morgan fingerprint density at radius 2 is 1.84 bits per heavy atom. The lowest BCUT2D eigenvalue weighted by atomic mass is 10.0. The molecule has 0 aliphatic carbocycles. The summed E-state index contributed by atoms with van der Waals surface area (Å²) >= 11 is 0. The number of hydrogen-bond donors (Lipinski definition) is 2. The number of nitrogens with one attached hydrogen (secondary N) is 2. The predicted molar refractivity (Wildman–Crippen MR) is 120 cm³/mol. The van der Waals surface area contributed by atoms with Crippen molar-refractivity contribution in [3.8, 4) is 0 Å². The minimum Gasteiger partial charge on any atom is -0.464 e. The van der Waals surface area contributed by atoms with Gasteiger partial charge in [0, 0.05) is 30.7 Å². The van der Waals surface area contributed by atoms with Crippen LogP contribution in [0, 0.1) is 5.92 Å². The first-order chi connectivity index (χ1) is 14.9. The van der Waals surface area contributed by atoms with E-state index in [1.54, 1.807) is 31.3 Å². The van der Waals surface area contributed by atoms with Crippen LogP contribution in [0.2, 0.25) is 0 Å². The molecule has 0 fully saturated rings. The number of amides is 2. The van der Waals surface area contributed by atoms with E-state index >= 15 is 0 Å². The third-order valence-corrected chi connectivity index (χ3v) is 4.96. The molecule has 2 aromatic carbocycles. The van der Waals surface area contributed by atoms with E-state index in [-0.39, 0.29) is 30.8 Å². The first-order valence-corrected chi connectivity index (χ1v) is 10.4. The molecular formula is C24H27N3O4. The number of rotatable bonds is 8. The average Bonchev–Trinajstić information content (AvgIpc) is 3.23. The number of ether oxygens (including phenoxy) is 1. The molecule has 2 amide bonds. The van der Waals surface area contributed by atoms with E-state index in [2.05, 4.69) is 15.6 Å². The monoisotopic (exact) mass is 421 g/mol. The second-order valence-electron chi connectivity index (χ2n) is 7.65. The summed E-state index contributed by atoms with van der Waals surface area (Å²) in [5.41, 5.74) is 3.58. The van der Waals surface area contributed by atoms with Gasteiger partial charge in [0.2, 0.25) is 5.91 Å². The highest BCUT2D eigenvalue weighted by Gasteiger charge is 2.25. The molecule has 0 radical (unpaired) electrons. The van der Waals surface area contributed by atoms with Gasteiger partial charge in [0.1, 0.15) is 6.04 Å². The maximum absolute atomic E-state index is 12.9. The molecule has 162 valence electrons. The Morgan fingerprint density at radius 3 is 2.52 bits per heavy atom. The lowest BCUT2D eigenvalue weighted by molar-refractivity contribution is -0.145. The molecule has 0 unspecified atom stereocenters. The average molecular weight is 421 g/mol. The van der Waals surface area contributed by atoms with E-state index in [1.165, 1.54) is 0 Å². The van der Waals surface area contributed by atoms with Crippen LogP contribution in [0.25, 0.3) is 0 Å². The van der Waals surface area contributed by atoms with Crippen LogP contribution in [0.1, 0.15) is 42.3 Å². The fraction of sp³-hybridized carbons (Fsp3) is 0.333. The van der Waals surface area contributed by atoms with Gasteiger partial charge in [-0.1, -0.05) is 38.1 Å². The highest BCUT2D eigenvalue weighted by atomic mass is 16.5. The number of fused-ring (bicyclic) bond motifs is 1. The maximum Gasteiger partial charge on any atom is 0.328 e. The largest absolute Gasteiger partial charge is 0.464 e. The summed E-state index contributed by atoms with van der Waals surface area (Å²) in [7, 11) is 0. The highest BCUT2D eigenvalue weighted by molar-refractivity contribution is 6.03. The number of carbonyl (C=O) groups is 3. The number of nitrogens with zero attached hydrogens (tertiary/aromatic N) is 1. The topological polar surface area (TPSA) is 96.9 Å². The summed E-state index contributed by atoms with van der Waals surface area (Å²) in [6.45, 7) is 5.59. The Balaban J connectivity index is 1.73. The van der Waals surface area contributed by atoms with Crippen LogP contribution in [0.4, 0.5) is 11.4 Å². The van der Waals surface area contributed by atoms with Crippen molar-refractivity contribution < 1.29 is 19.1 Å². The molecule has 2 N–H and O–H groups in total. The van der Waals surface area contributed by atoms with E-state index in [0.29, 0.717) is 23.4 Å². The second-order valence-corrected chi connectivity index (χ2v) is 7.65. The van der Waals surface area contributed by atoms with E-state index in [0.717, 1.165) is 11.1 Å². The minimum absolute atomic E-state index is 0.0672. The van der Waals surface area contributed by atoms with Gasteiger partial charge >= 0.3 is 5.97 Å². The van der Waals surface area contributed by atoms with Crippen LogP contribution in [0.15, 0.2) is 47.5 Å². The van der Waals surface area contributed by atoms with Crippen LogP contribution < -0.4 is 10.6 Å². The molecule has 0 saturated heterocycles. The van der Waals surface area contributed by atoms with Crippen LogP contribution >= 0.6 is 0 Å². The van der Waals surface area contributed by atoms with Crippen LogP contribution in [0.5, 0.6) is 0 Å². The number of hydrogen-bond acceptors (Lipinski definition) is 5. The lowest BCUT2D eigenvalue weighted by Crippen LogP contribution is -2.43. The molecule has 31 heavy (non-hydrogen) atoms. The van der Waals surface area contributed by atoms with Gasteiger partial charge in [-0.3, -0.25) is 14.6 Å². The van der Waals surface area contributed by atoms with E-state index < -0.39 is 12.0 Å². The molecule has 7 nitrogen and oxygen atoms in total. The molecule has 7 heteroatoms. The molecule has 3 rings (SSSR count). The molecule has 1 heterocycles. The first kappa shape index (κ1) is 22.2. The number of para-hydroxylation sites is 1. The normalized spacial score (nSPS) is 12.9. The van der Waals surface area contributed by atoms with Gasteiger partial charge in [0.05, 0.1) is 17.9 Å². The van der Waals surface area contributed by atoms with Crippen molar-refractivity contribution in [3.63, 3.8) is 0 Å². The molecule has 1 aliphatic rings. The number of carbonyl (C=O) groups excluding carboxylic acids is 3. The third-order valence-electron chi connectivity index (χ3n) is 4.96. The quantitative estimate of drug-likeness (QED) is 0.638. The van der Waals surface area contributed by atoms with Crippen molar-refractivity contribution in [1.82, 2.24) is 5.32 Å². The van der Waals surface area contributed by atoms with Crippen molar-refractivity contribution in [2.75, 3.05) is 11.9 Å². The summed E-state index contributed by atoms with van der Waals surface area (Å²) in [5.74, 6) is -1.05. The van der Waals surface area contributed by atoms with E-state index in [1.807, 2.05) is 38.1 Å². The minimum atomic E-state index is -0.843. The molecule has 2 aromatic rings. The highest BCUT2D eigenvalue weighted by Crippen LogP contribution is 2.28. The number of anilines is 1. The van der Waals surface area contributed by atoms with Crippen molar-refractivity contribution in [2.24, 2.45) is 10.9 Å². The Morgan fingerprint density at radius 1 is 1.10 bits per heavy atom. The maximum atomic E-state index is 12.9. The lowest BCUT2D eigenvalue weighted by Gasteiger charge is -2.18.